The lowest BCUT2D eigenvalue weighted by molar-refractivity contribution is 0.0881. The first kappa shape index (κ1) is 15.7. The number of hydrogen-bond donors (Lipinski definition) is 1. The zero-order valence-electron chi connectivity index (χ0n) is 13.9. The molecule has 0 saturated carbocycles. The zero-order valence-corrected chi connectivity index (χ0v) is 13.9. The van der Waals surface area contributed by atoms with Crippen molar-refractivity contribution in [3.63, 3.8) is 0 Å². The zero-order chi connectivity index (χ0) is 16.5. The minimum atomic E-state index is -0.333. The van der Waals surface area contributed by atoms with Crippen LogP contribution in [0.25, 0.3) is 11.5 Å². The Morgan fingerprint density at radius 3 is 2.83 bits per heavy atom. The molecule has 0 amide bonds. The first-order valence-electron chi connectivity index (χ1n) is 8.58. The summed E-state index contributed by atoms with van der Waals surface area (Å²) in [4.78, 5) is 13.5. The summed E-state index contributed by atoms with van der Waals surface area (Å²) < 4.78 is 5.53. The highest BCUT2D eigenvalue weighted by Gasteiger charge is 2.40. The van der Waals surface area contributed by atoms with Gasteiger partial charge in [-0.1, -0.05) is 11.2 Å². The van der Waals surface area contributed by atoms with Gasteiger partial charge in [0.1, 0.15) is 5.69 Å². The topological polar surface area (TPSA) is 78.5 Å². The number of hydrogen-bond acceptors (Lipinski definition) is 7. The number of aromatic nitrogens is 3. The van der Waals surface area contributed by atoms with Gasteiger partial charge in [0.05, 0.1) is 12.1 Å². The van der Waals surface area contributed by atoms with Crippen molar-refractivity contribution in [1.29, 1.82) is 0 Å². The fourth-order valence-corrected chi connectivity index (χ4v) is 3.78. The number of pyridine rings is 1. The monoisotopic (exact) mass is 329 g/mol. The van der Waals surface area contributed by atoms with Crippen molar-refractivity contribution in [3.05, 3.63) is 30.3 Å². The molecular formula is C17H23N5O2. The van der Waals surface area contributed by atoms with E-state index in [9.17, 15) is 5.11 Å². The van der Waals surface area contributed by atoms with E-state index in [1.165, 1.54) is 0 Å². The van der Waals surface area contributed by atoms with Crippen molar-refractivity contribution < 1.29 is 9.63 Å². The molecule has 0 aliphatic carbocycles. The lowest BCUT2D eigenvalue weighted by atomic mass is 10.0. The summed E-state index contributed by atoms with van der Waals surface area (Å²) in [5.41, 5.74) is 0.705. The van der Waals surface area contributed by atoms with Crippen LogP contribution in [0.5, 0.6) is 0 Å². The van der Waals surface area contributed by atoms with Crippen LogP contribution >= 0.6 is 0 Å². The molecule has 0 bridgehead atoms. The number of piperidine rings is 1. The van der Waals surface area contributed by atoms with E-state index < -0.39 is 0 Å². The highest BCUT2D eigenvalue weighted by Crippen LogP contribution is 2.36. The SMILES string of the molecule is CN1CCC(N2C[C@H](O)C[C@H]2c2nc(-c3ccccn3)no2)CC1. The van der Waals surface area contributed by atoms with Crippen molar-refractivity contribution in [2.75, 3.05) is 26.7 Å². The van der Waals surface area contributed by atoms with Crippen molar-refractivity contribution >= 4 is 0 Å². The molecule has 4 heterocycles. The molecule has 4 rings (SSSR count). The van der Waals surface area contributed by atoms with E-state index in [-0.39, 0.29) is 12.1 Å². The second kappa shape index (κ2) is 6.58. The molecule has 2 aromatic heterocycles. The number of aliphatic hydroxyl groups is 1. The van der Waals surface area contributed by atoms with Crippen LogP contribution < -0.4 is 0 Å². The molecule has 7 heteroatoms. The number of β-amino-alcohol motifs (C(OH)–C–C–N with tert-alkyl or cyclic N) is 1. The molecule has 2 fully saturated rings. The summed E-state index contributed by atoms with van der Waals surface area (Å²) in [7, 11) is 2.16. The van der Waals surface area contributed by atoms with Crippen LogP contribution in [0.4, 0.5) is 0 Å². The average Bonchev–Trinajstić information content (AvgIpc) is 3.23. The first-order chi connectivity index (χ1) is 11.7. The fraction of sp³-hybridized carbons (Fsp3) is 0.588. The number of rotatable bonds is 3. The Kier molecular flexibility index (Phi) is 4.30. The standard InChI is InChI=1S/C17H23N5O2/c1-21-8-5-12(6-9-21)22-11-13(23)10-15(22)17-19-16(20-24-17)14-4-2-3-7-18-14/h2-4,7,12-13,15,23H,5-6,8-11H2,1H3/t13-,15+/m1/s1. The van der Waals surface area contributed by atoms with Crippen molar-refractivity contribution in [2.24, 2.45) is 0 Å². The molecule has 2 aliphatic heterocycles. The van der Waals surface area contributed by atoms with Gasteiger partial charge in [0.2, 0.25) is 11.7 Å². The van der Waals surface area contributed by atoms with Crippen molar-refractivity contribution in [3.8, 4) is 11.5 Å². The first-order valence-corrected chi connectivity index (χ1v) is 8.58. The third-order valence-corrected chi connectivity index (χ3v) is 5.10. The molecule has 24 heavy (non-hydrogen) atoms. The summed E-state index contributed by atoms with van der Waals surface area (Å²) >= 11 is 0. The summed E-state index contributed by atoms with van der Waals surface area (Å²) in [6, 6.07) is 6.10. The Morgan fingerprint density at radius 1 is 1.25 bits per heavy atom. The minimum Gasteiger partial charge on any atom is -0.392 e. The predicted molar refractivity (Wildman–Crippen MR) is 88.1 cm³/mol. The van der Waals surface area contributed by atoms with Gasteiger partial charge >= 0.3 is 0 Å². The van der Waals surface area contributed by atoms with Gasteiger partial charge in [-0.2, -0.15) is 4.98 Å². The summed E-state index contributed by atoms with van der Waals surface area (Å²) in [5.74, 6) is 1.10. The van der Waals surface area contributed by atoms with Gasteiger partial charge in [-0.25, -0.2) is 0 Å². The average molecular weight is 329 g/mol. The van der Waals surface area contributed by atoms with E-state index in [0.29, 0.717) is 36.4 Å². The molecule has 0 spiro atoms. The number of nitrogens with zero attached hydrogens (tertiary/aromatic N) is 5. The number of aliphatic hydroxyl groups excluding tert-OH is 1. The Balaban J connectivity index is 1.54. The minimum absolute atomic E-state index is 0.00151. The highest BCUT2D eigenvalue weighted by molar-refractivity contribution is 5.47. The Hall–Kier alpha value is -1.83. The van der Waals surface area contributed by atoms with Crippen LogP contribution in [0, 0.1) is 0 Å². The maximum absolute atomic E-state index is 10.2. The molecule has 0 radical (unpaired) electrons. The Labute approximate surface area is 141 Å². The summed E-state index contributed by atoms with van der Waals surface area (Å²) in [5, 5.41) is 14.3. The largest absolute Gasteiger partial charge is 0.392 e. The van der Waals surface area contributed by atoms with Crippen LogP contribution in [0.1, 0.15) is 31.2 Å². The van der Waals surface area contributed by atoms with Gasteiger partial charge in [-0.15, -0.1) is 0 Å². The third kappa shape index (κ3) is 3.07. The summed E-state index contributed by atoms with van der Waals surface area (Å²) in [6.07, 6.45) is 4.26. The van der Waals surface area contributed by atoms with E-state index in [4.69, 9.17) is 4.52 Å². The molecule has 2 saturated heterocycles. The molecule has 0 aromatic carbocycles. The lowest BCUT2D eigenvalue weighted by Crippen LogP contribution is -2.43. The molecule has 2 atom stereocenters. The normalized spacial score (nSPS) is 26.9. The van der Waals surface area contributed by atoms with Crippen molar-refractivity contribution in [1.82, 2.24) is 24.9 Å². The smallest absolute Gasteiger partial charge is 0.244 e. The maximum atomic E-state index is 10.2. The molecule has 1 N–H and O–H groups in total. The third-order valence-electron chi connectivity index (χ3n) is 5.10. The number of likely N-dealkylation sites (tertiary alicyclic amines) is 2. The van der Waals surface area contributed by atoms with Crippen LogP contribution in [-0.4, -0.2) is 68.9 Å². The maximum Gasteiger partial charge on any atom is 0.244 e. The second-order valence-corrected chi connectivity index (χ2v) is 6.81. The molecule has 128 valence electrons. The van der Waals surface area contributed by atoms with E-state index >= 15 is 0 Å². The quantitative estimate of drug-likeness (QED) is 0.910. The van der Waals surface area contributed by atoms with Crippen LogP contribution in [0.3, 0.4) is 0 Å². The Bertz CT molecular complexity index is 669. The highest BCUT2D eigenvalue weighted by atomic mass is 16.5. The van der Waals surface area contributed by atoms with Gasteiger partial charge in [0.15, 0.2) is 0 Å². The molecule has 2 aromatic rings. The van der Waals surface area contributed by atoms with Crippen LogP contribution in [0.15, 0.2) is 28.9 Å². The van der Waals surface area contributed by atoms with Crippen LogP contribution in [-0.2, 0) is 0 Å². The van der Waals surface area contributed by atoms with Gasteiger partial charge in [0, 0.05) is 18.8 Å². The molecule has 7 nitrogen and oxygen atoms in total. The molecule has 2 aliphatic rings. The molecular weight excluding hydrogens is 306 g/mol. The van der Waals surface area contributed by atoms with E-state index in [1.54, 1.807) is 6.20 Å². The van der Waals surface area contributed by atoms with Gasteiger partial charge in [-0.3, -0.25) is 9.88 Å². The Morgan fingerprint density at radius 2 is 2.08 bits per heavy atom. The molecule has 0 unspecified atom stereocenters. The fourth-order valence-electron chi connectivity index (χ4n) is 3.78. The second-order valence-electron chi connectivity index (χ2n) is 6.81. The predicted octanol–water partition coefficient (Wildman–Crippen LogP) is 1.33. The van der Waals surface area contributed by atoms with Gasteiger partial charge in [0.25, 0.3) is 0 Å². The van der Waals surface area contributed by atoms with Gasteiger partial charge < -0.3 is 14.5 Å². The van der Waals surface area contributed by atoms with Crippen molar-refractivity contribution in [2.45, 2.75) is 37.5 Å². The summed E-state index contributed by atoms with van der Waals surface area (Å²) in [6.45, 7) is 2.86. The van der Waals surface area contributed by atoms with E-state index in [2.05, 4.69) is 32.0 Å². The van der Waals surface area contributed by atoms with Crippen LogP contribution in [0.2, 0.25) is 0 Å². The van der Waals surface area contributed by atoms with E-state index in [1.807, 2.05) is 18.2 Å². The van der Waals surface area contributed by atoms with E-state index in [0.717, 1.165) is 25.9 Å². The van der Waals surface area contributed by atoms with Gasteiger partial charge in [-0.05, 0) is 51.5 Å². The lowest BCUT2D eigenvalue weighted by Gasteiger charge is -2.37.